The molecule has 23 heavy (non-hydrogen) atoms. The third kappa shape index (κ3) is 4.52. The number of nitrogens with one attached hydrogen (secondary N) is 1. The summed E-state index contributed by atoms with van der Waals surface area (Å²) >= 11 is 5.89. The van der Waals surface area contributed by atoms with Crippen molar-refractivity contribution in [1.29, 1.82) is 0 Å². The van der Waals surface area contributed by atoms with Crippen LogP contribution < -0.4 is 5.32 Å². The van der Waals surface area contributed by atoms with Gasteiger partial charge in [0, 0.05) is 12.1 Å². The molecule has 0 saturated carbocycles. The summed E-state index contributed by atoms with van der Waals surface area (Å²) in [4.78, 5) is 33.4. The SMILES string of the molecule is O=C(COC(=O)c1ccc([N+](=O)[O-])cc1)Nc1ccccc1Cl. The second-order valence-electron chi connectivity index (χ2n) is 4.41. The lowest BCUT2D eigenvalue weighted by atomic mass is 10.2. The molecule has 2 aromatic rings. The van der Waals surface area contributed by atoms with Crippen molar-refractivity contribution < 1.29 is 19.2 Å². The highest BCUT2D eigenvalue weighted by molar-refractivity contribution is 6.33. The first-order valence-corrected chi connectivity index (χ1v) is 6.81. The largest absolute Gasteiger partial charge is 0.452 e. The van der Waals surface area contributed by atoms with Crippen LogP contribution in [0.15, 0.2) is 48.5 Å². The average Bonchev–Trinajstić information content (AvgIpc) is 2.55. The van der Waals surface area contributed by atoms with Gasteiger partial charge < -0.3 is 10.1 Å². The van der Waals surface area contributed by atoms with Crippen molar-refractivity contribution in [2.75, 3.05) is 11.9 Å². The van der Waals surface area contributed by atoms with Crippen LogP contribution in [0.1, 0.15) is 10.4 Å². The Morgan fingerprint density at radius 2 is 1.78 bits per heavy atom. The zero-order chi connectivity index (χ0) is 16.8. The number of hydrogen-bond donors (Lipinski definition) is 1. The van der Waals surface area contributed by atoms with Gasteiger partial charge in [-0.2, -0.15) is 0 Å². The van der Waals surface area contributed by atoms with Gasteiger partial charge in [0.1, 0.15) is 0 Å². The smallest absolute Gasteiger partial charge is 0.338 e. The molecule has 0 aliphatic heterocycles. The molecule has 118 valence electrons. The standard InChI is InChI=1S/C15H11ClN2O5/c16-12-3-1-2-4-13(12)17-14(19)9-23-15(20)10-5-7-11(8-6-10)18(21)22/h1-8H,9H2,(H,17,19). The van der Waals surface area contributed by atoms with Crippen LogP contribution in [-0.4, -0.2) is 23.4 Å². The number of nitrogens with zero attached hydrogens (tertiary/aromatic N) is 1. The molecule has 0 saturated heterocycles. The number of carbonyl (C=O) groups is 2. The first kappa shape index (κ1) is 16.4. The summed E-state index contributed by atoms with van der Waals surface area (Å²) in [6.07, 6.45) is 0. The molecule has 0 spiro atoms. The number of rotatable bonds is 5. The van der Waals surface area contributed by atoms with Crippen molar-refractivity contribution in [2.45, 2.75) is 0 Å². The molecular formula is C15H11ClN2O5. The highest BCUT2D eigenvalue weighted by Crippen LogP contribution is 2.20. The predicted octanol–water partition coefficient (Wildman–Crippen LogP) is 3.04. The zero-order valence-electron chi connectivity index (χ0n) is 11.7. The number of ether oxygens (including phenoxy) is 1. The average molecular weight is 335 g/mol. The Balaban J connectivity index is 1.90. The fraction of sp³-hybridized carbons (Fsp3) is 0.0667. The van der Waals surface area contributed by atoms with E-state index in [0.717, 1.165) is 0 Å². The van der Waals surface area contributed by atoms with Gasteiger partial charge in [-0.05, 0) is 24.3 Å². The number of hydrogen-bond acceptors (Lipinski definition) is 5. The molecule has 0 aliphatic carbocycles. The van der Waals surface area contributed by atoms with Crippen LogP contribution in [0.25, 0.3) is 0 Å². The van der Waals surface area contributed by atoms with Crippen molar-refractivity contribution in [1.82, 2.24) is 0 Å². The van der Waals surface area contributed by atoms with E-state index >= 15 is 0 Å². The highest BCUT2D eigenvalue weighted by atomic mass is 35.5. The van der Waals surface area contributed by atoms with E-state index in [9.17, 15) is 19.7 Å². The maximum Gasteiger partial charge on any atom is 0.338 e. The lowest BCUT2D eigenvalue weighted by molar-refractivity contribution is -0.384. The molecule has 8 heteroatoms. The normalized spacial score (nSPS) is 9.96. The van der Waals surface area contributed by atoms with Crippen LogP contribution >= 0.6 is 11.6 Å². The Morgan fingerprint density at radius 3 is 2.39 bits per heavy atom. The number of carbonyl (C=O) groups excluding carboxylic acids is 2. The van der Waals surface area contributed by atoms with Crippen LogP contribution in [-0.2, 0) is 9.53 Å². The summed E-state index contributed by atoms with van der Waals surface area (Å²) in [7, 11) is 0. The molecule has 0 heterocycles. The Morgan fingerprint density at radius 1 is 1.13 bits per heavy atom. The lowest BCUT2D eigenvalue weighted by Gasteiger charge is -2.07. The number of halogens is 1. The van der Waals surface area contributed by atoms with Gasteiger partial charge in [-0.1, -0.05) is 23.7 Å². The number of anilines is 1. The fourth-order valence-electron chi connectivity index (χ4n) is 1.68. The molecule has 1 amide bonds. The molecule has 0 aromatic heterocycles. The maximum atomic E-state index is 11.8. The molecule has 0 bridgehead atoms. The summed E-state index contributed by atoms with van der Waals surface area (Å²) in [5.74, 6) is -1.30. The number of non-ortho nitro benzene ring substituents is 1. The van der Waals surface area contributed by atoms with Crippen molar-refractivity contribution in [3.8, 4) is 0 Å². The Kier molecular flexibility index (Phi) is 5.27. The van der Waals surface area contributed by atoms with Gasteiger partial charge >= 0.3 is 5.97 Å². The third-order valence-electron chi connectivity index (χ3n) is 2.80. The number of amides is 1. The van der Waals surface area contributed by atoms with E-state index in [2.05, 4.69) is 5.32 Å². The molecule has 1 N–H and O–H groups in total. The summed E-state index contributed by atoms with van der Waals surface area (Å²) in [5.41, 5.74) is 0.379. The van der Waals surface area contributed by atoms with E-state index < -0.39 is 23.4 Å². The van der Waals surface area contributed by atoms with E-state index in [1.54, 1.807) is 24.3 Å². The number of benzene rings is 2. The second-order valence-corrected chi connectivity index (χ2v) is 4.82. The molecule has 0 aliphatic rings. The van der Waals surface area contributed by atoms with Gasteiger partial charge in [-0.3, -0.25) is 14.9 Å². The van der Waals surface area contributed by atoms with Crippen molar-refractivity contribution in [3.05, 3.63) is 69.2 Å². The Hall–Kier alpha value is -2.93. The first-order chi connectivity index (χ1) is 11.0. The topological polar surface area (TPSA) is 98.5 Å². The van der Waals surface area contributed by atoms with Gasteiger partial charge in [-0.25, -0.2) is 4.79 Å². The summed E-state index contributed by atoms with van der Waals surface area (Å²) in [6, 6.07) is 11.5. The number of esters is 1. The number of para-hydroxylation sites is 1. The first-order valence-electron chi connectivity index (χ1n) is 6.43. The van der Waals surface area contributed by atoms with Crippen LogP contribution in [0, 0.1) is 10.1 Å². The summed E-state index contributed by atoms with van der Waals surface area (Å²) in [5, 5.41) is 13.4. The molecule has 0 fully saturated rings. The van der Waals surface area contributed by atoms with Gasteiger partial charge in [-0.15, -0.1) is 0 Å². The van der Waals surface area contributed by atoms with Gasteiger partial charge in [0.15, 0.2) is 6.61 Å². The van der Waals surface area contributed by atoms with Crippen LogP contribution in [0.3, 0.4) is 0 Å². The van der Waals surface area contributed by atoms with Crippen LogP contribution in [0.5, 0.6) is 0 Å². The molecular weight excluding hydrogens is 324 g/mol. The second kappa shape index (κ2) is 7.37. The summed E-state index contributed by atoms with van der Waals surface area (Å²) < 4.78 is 4.84. The van der Waals surface area contributed by atoms with Gasteiger partial charge in [0.25, 0.3) is 11.6 Å². The maximum absolute atomic E-state index is 11.8. The zero-order valence-corrected chi connectivity index (χ0v) is 12.4. The lowest BCUT2D eigenvalue weighted by Crippen LogP contribution is -2.21. The summed E-state index contributed by atoms with van der Waals surface area (Å²) in [6.45, 7) is -0.499. The molecule has 2 rings (SSSR count). The van der Waals surface area contributed by atoms with Crippen LogP contribution in [0.4, 0.5) is 11.4 Å². The van der Waals surface area contributed by atoms with Crippen molar-refractivity contribution in [2.24, 2.45) is 0 Å². The van der Waals surface area contributed by atoms with E-state index in [-0.39, 0.29) is 11.3 Å². The van der Waals surface area contributed by atoms with Gasteiger partial charge in [0.2, 0.25) is 0 Å². The van der Waals surface area contributed by atoms with E-state index in [1.165, 1.54) is 24.3 Å². The van der Waals surface area contributed by atoms with Crippen LogP contribution in [0.2, 0.25) is 5.02 Å². The van der Waals surface area contributed by atoms with Crippen molar-refractivity contribution >= 4 is 34.9 Å². The van der Waals surface area contributed by atoms with E-state index in [1.807, 2.05) is 0 Å². The number of nitro benzene ring substituents is 1. The van der Waals surface area contributed by atoms with E-state index in [0.29, 0.717) is 10.7 Å². The molecule has 0 atom stereocenters. The third-order valence-corrected chi connectivity index (χ3v) is 3.13. The monoisotopic (exact) mass is 334 g/mol. The van der Waals surface area contributed by atoms with Crippen molar-refractivity contribution in [3.63, 3.8) is 0 Å². The van der Waals surface area contributed by atoms with E-state index in [4.69, 9.17) is 16.3 Å². The molecule has 7 nitrogen and oxygen atoms in total. The Bertz CT molecular complexity index is 746. The molecule has 2 aromatic carbocycles. The minimum absolute atomic E-state index is 0.112. The fourth-order valence-corrected chi connectivity index (χ4v) is 1.87. The quantitative estimate of drug-likeness (QED) is 0.514. The minimum Gasteiger partial charge on any atom is -0.452 e. The predicted molar refractivity (Wildman–Crippen MR) is 83.5 cm³/mol. The molecule has 0 unspecified atom stereocenters. The minimum atomic E-state index is -0.755. The molecule has 0 radical (unpaired) electrons. The van der Waals surface area contributed by atoms with Gasteiger partial charge in [0.05, 0.1) is 21.2 Å². The number of nitro groups is 1. The highest BCUT2D eigenvalue weighted by Gasteiger charge is 2.13. The Labute approximate surface area is 136 Å².